The number of rotatable bonds is 7. The first-order valence-corrected chi connectivity index (χ1v) is 6.83. The molecule has 0 unspecified atom stereocenters. The zero-order valence-electron chi connectivity index (χ0n) is 10.2. The topological polar surface area (TPSA) is 12.0 Å². The molecule has 0 fully saturated rings. The summed E-state index contributed by atoms with van der Waals surface area (Å²) in [6.45, 7) is 4.24. The number of allylic oxidation sites excluding steroid dienone is 1. The number of hydrogen-bond donors (Lipinski definition) is 1. The highest BCUT2D eigenvalue weighted by molar-refractivity contribution is 9.10. The maximum Gasteiger partial charge on any atom is 0.137 e. The SMILES string of the molecule is CCCNCC/C=C/Cc1cccc(F)c1Br. The van der Waals surface area contributed by atoms with Gasteiger partial charge in [0, 0.05) is 0 Å². The van der Waals surface area contributed by atoms with Gasteiger partial charge in [-0.15, -0.1) is 0 Å². The van der Waals surface area contributed by atoms with Gasteiger partial charge in [0.25, 0.3) is 0 Å². The Kier molecular flexibility index (Phi) is 7.13. The fourth-order valence-electron chi connectivity index (χ4n) is 1.52. The van der Waals surface area contributed by atoms with Crippen molar-refractivity contribution in [3.05, 3.63) is 46.2 Å². The molecule has 0 aliphatic heterocycles. The summed E-state index contributed by atoms with van der Waals surface area (Å²) < 4.78 is 13.8. The van der Waals surface area contributed by atoms with Gasteiger partial charge >= 0.3 is 0 Å². The van der Waals surface area contributed by atoms with Crippen LogP contribution in [0, 0.1) is 5.82 Å². The predicted molar refractivity (Wildman–Crippen MR) is 74.7 cm³/mol. The zero-order chi connectivity index (χ0) is 12.5. The van der Waals surface area contributed by atoms with Crippen LogP contribution in [0.25, 0.3) is 0 Å². The third kappa shape index (κ3) is 5.46. The van der Waals surface area contributed by atoms with Crippen molar-refractivity contribution in [2.24, 2.45) is 0 Å². The molecule has 0 aromatic heterocycles. The normalized spacial score (nSPS) is 11.2. The molecule has 17 heavy (non-hydrogen) atoms. The van der Waals surface area contributed by atoms with Gasteiger partial charge in [0.05, 0.1) is 4.47 Å². The highest BCUT2D eigenvalue weighted by Crippen LogP contribution is 2.20. The molecular formula is C14H19BrFN. The van der Waals surface area contributed by atoms with E-state index in [-0.39, 0.29) is 5.82 Å². The summed E-state index contributed by atoms with van der Waals surface area (Å²) in [5.41, 5.74) is 0.989. The zero-order valence-corrected chi connectivity index (χ0v) is 11.8. The summed E-state index contributed by atoms with van der Waals surface area (Å²) in [7, 11) is 0. The van der Waals surface area contributed by atoms with Crippen LogP contribution in [-0.2, 0) is 6.42 Å². The first kappa shape index (κ1) is 14.4. The van der Waals surface area contributed by atoms with Crippen molar-refractivity contribution in [3.8, 4) is 0 Å². The summed E-state index contributed by atoms with van der Waals surface area (Å²) in [6.07, 6.45) is 7.19. The molecule has 94 valence electrons. The molecule has 0 amide bonds. The fraction of sp³-hybridized carbons (Fsp3) is 0.429. The maximum absolute atomic E-state index is 13.2. The van der Waals surface area contributed by atoms with Crippen LogP contribution in [-0.4, -0.2) is 13.1 Å². The van der Waals surface area contributed by atoms with Crippen LogP contribution in [0.5, 0.6) is 0 Å². The lowest BCUT2D eigenvalue weighted by Gasteiger charge is -2.02. The molecule has 3 heteroatoms. The van der Waals surface area contributed by atoms with Gasteiger partial charge in [0.1, 0.15) is 5.82 Å². The van der Waals surface area contributed by atoms with E-state index in [1.165, 1.54) is 12.5 Å². The summed E-state index contributed by atoms with van der Waals surface area (Å²) in [5.74, 6) is -0.194. The number of halogens is 2. The van der Waals surface area contributed by atoms with Gasteiger partial charge in [-0.05, 0) is 59.9 Å². The van der Waals surface area contributed by atoms with Crippen molar-refractivity contribution < 1.29 is 4.39 Å². The summed E-state index contributed by atoms with van der Waals surface area (Å²) in [5, 5.41) is 3.33. The molecule has 1 rings (SSSR count). The Morgan fingerprint density at radius 3 is 2.88 bits per heavy atom. The molecular weight excluding hydrogens is 281 g/mol. The number of nitrogens with one attached hydrogen (secondary N) is 1. The van der Waals surface area contributed by atoms with Gasteiger partial charge in [-0.1, -0.05) is 31.2 Å². The maximum atomic E-state index is 13.2. The van der Waals surface area contributed by atoms with Crippen LogP contribution < -0.4 is 5.32 Å². The number of hydrogen-bond acceptors (Lipinski definition) is 1. The second kappa shape index (κ2) is 8.43. The lowest BCUT2D eigenvalue weighted by molar-refractivity contribution is 0.619. The molecule has 1 nitrogen and oxygen atoms in total. The van der Waals surface area contributed by atoms with Crippen molar-refractivity contribution in [3.63, 3.8) is 0 Å². The second-order valence-electron chi connectivity index (χ2n) is 3.93. The molecule has 0 saturated heterocycles. The second-order valence-corrected chi connectivity index (χ2v) is 4.72. The van der Waals surface area contributed by atoms with E-state index in [1.54, 1.807) is 6.07 Å². The Hall–Kier alpha value is -0.670. The average molecular weight is 300 g/mol. The van der Waals surface area contributed by atoms with E-state index in [0.717, 1.165) is 31.5 Å². The summed E-state index contributed by atoms with van der Waals surface area (Å²) in [6, 6.07) is 5.14. The van der Waals surface area contributed by atoms with E-state index in [2.05, 4.69) is 40.3 Å². The van der Waals surface area contributed by atoms with Crippen molar-refractivity contribution >= 4 is 15.9 Å². The molecule has 0 radical (unpaired) electrons. The van der Waals surface area contributed by atoms with Gasteiger partial charge in [-0.2, -0.15) is 0 Å². The van der Waals surface area contributed by atoms with E-state index in [1.807, 2.05) is 6.07 Å². The largest absolute Gasteiger partial charge is 0.316 e. The minimum Gasteiger partial charge on any atom is -0.316 e. The van der Waals surface area contributed by atoms with Crippen molar-refractivity contribution in [1.82, 2.24) is 5.32 Å². The molecule has 1 aromatic rings. The van der Waals surface area contributed by atoms with Crippen LogP contribution >= 0.6 is 15.9 Å². The Morgan fingerprint density at radius 1 is 1.29 bits per heavy atom. The van der Waals surface area contributed by atoms with Gasteiger partial charge in [0.15, 0.2) is 0 Å². The molecule has 0 heterocycles. The summed E-state index contributed by atoms with van der Waals surface area (Å²) in [4.78, 5) is 0. The van der Waals surface area contributed by atoms with Crippen molar-refractivity contribution in [2.45, 2.75) is 26.2 Å². The van der Waals surface area contributed by atoms with Gasteiger partial charge in [0.2, 0.25) is 0 Å². The molecule has 1 aromatic carbocycles. The number of benzene rings is 1. The monoisotopic (exact) mass is 299 g/mol. The Morgan fingerprint density at radius 2 is 2.12 bits per heavy atom. The van der Waals surface area contributed by atoms with Crippen LogP contribution in [0.2, 0.25) is 0 Å². The first-order valence-electron chi connectivity index (χ1n) is 6.04. The van der Waals surface area contributed by atoms with Gasteiger partial charge in [-0.25, -0.2) is 4.39 Å². The molecule has 0 aliphatic rings. The Labute approximate surface area is 111 Å². The highest BCUT2D eigenvalue weighted by Gasteiger charge is 2.02. The third-order valence-corrected chi connectivity index (χ3v) is 3.34. The molecule has 0 atom stereocenters. The lowest BCUT2D eigenvalue weighted by atomic mass is 10.1. The van der Waals surface area contributed by atoms with Crippen molar-refractivity contribution in [1.29, 1.82) is 0 Å². The van der Waals surface area contributed by atoms with Crippen LogP contribution in [0.4, 0.5) is 4.39 Å². The van der Waals surface area contributed by atoms with E-state index < -0.39 is 0 Å². The Balaban J connectivity index is 2.30. The minimum atomic E-state index is -0.194. The molecule has 1 N–H and O–H groups in total. The van der Waals surface area contributed by atoms with Crippen LogP contribution in [0.1, 0.15) is 25.3 Å². The Bertz CT molecular complexity index is 363. The molecule has 0 saturated carbocycles. The standard InChI is InChI=1S/C14H19BrFN/c1-2-10-17-11-5-3-4-7-12-8-6-9-13(16)14(12)15/h3-4,6,8-9,17H,2,5,7,10-11H2,1H3/b4-3+. The lowest BCUT2D eigenvalue weighted by Crippen LogP contribution is -2.14. The van der Waals surface area contributed by atoms with Crippen LogP contribution in [0.3, 0.4) is 0 Å². The van der Waals surface area contributed by atoms with E-state index in [4.69, 9.17) is 0 Å². The minimum absolute atomic E-state index is 0.194. The predicted octanol–water partition coefficient (Wildman–Crippen LogP) is 4.08. The first-order chi connectivity index (χ1) is 8.25. The molecule has 0 bridgehead atoms. The van der Waals surface area contributed by atoms with E-state index >= 15 is 0 Å². The highest BCUT2D eigenvalue weighted by atomic mass is 79.9. The average Bonchev–Trinajstić information content (AvgIpc) is 2.33. The summed E-state index contributed by atoms with van der Waals surface area (Å²) >= 11 is 3.26. The molecule has 0 aliphatic carbocycles. The fourth-order valence-corrected chi connectivity index (χ4v) is 1.95. The third-order valence-electron chi connectivity index (χ3n) is 2.45. The van der Waals surface area contributed by atoms with Crippen molar-refractivity contribution in [2.75, 3.05) is 13.1 Å². The smallest absolute Gasteiger partial charge is 0.137 e. The molecule has 0 spiro atoms. The van der Waals surface area contributed by atoms with Crippen LogP contribution in [0.15, 0.2) is 34.8 Å². The van der Waals surface area contributed by atoms with Gasteiger partial charge < -0.3 is 5.32 Å². The van der Waals surface area contributed by atoms with E-state index in [9.17, 15) is 4.39 Å². The van der Waals surface area contributed by atoms with E-state index in [0.29, 0.717) is 4.47 Å². The van der Waals surface area contributed by atoms with Gasteiger partial charge in [-0.3, -0.25) is 0 Å². The quantitative estimate of drug-likeness (QED) is 0.591.